The first-order valence-corrected chi connectivity index (χ1v) is 12.0. The Morgan fingerprint density at radius 1 is 1.09 bits per heavy atom. The van der Waals surface area contributed by atoms with Crippen LogP contribution < -0.4 is 10.2 Å². The van der Waals surface area contributed by atoms with Crippen LogP contribution in [0.2, 0.25) is 10.0 Å². The molecule has 170 valence electrons. The van der Waals surface area contributed by atoms with Crippen LogP contribution in [0.15, 0.2) is 35.5 Å². The van der Waals surface area contributed by atoms with Crippen molar-refractivity contribution < 1.29 is 4.74 Å². The Labute approximate surface area is 199 Å². The Hall–Kier alpha value is -1.86. The fraction of sp³-hybridized carbons (Fsp3) is 0.500. The number of pyridine rings is 1. The van der Waals surface area contributed by atoms with Gasteiger partial charge in [0.2, 0.25) is 0 Å². The molecule has 2 aromatic rings. The van der Waals surface area contributed by atoms with E-state index in [4.69, 9.17) is 32.9 Å². The number of aliphatic imine (C=N–C) groups is 1. The summed E-state index contributed by atoms with van der Waals surface area (Å²) in [6.45, 7) is 6.26. The molecule has 3 aliphatic heterocycles. The van der Waals surface area contributed by atoms with E-state index >= 15 is 0 Å². The number of anilines is 2. The summed E-state index contributed by atoms with van der Waals surface area (Å²) in [5.41, 5.74) is 3.32. The van der Waals surface area contributed by atoms with Gasteiger partial charge in [-0.3, -0.25) is 4.99 Å². The van der Waals surface area contributed by atoms with Crippen molar-refractivity contribution in [1.82, 2.24) is 9.88 Å². The van der Waals surface area contributed by atoms with E-state index in [0.29, 0.717) is 16.6 Å². The minimum atomic E-state index is -0.0459. The largest absolute Gasteiger partial charge is 0.381 e. The molecule has 6 nitrogen and oxygen atoms in total. The van der Waals surface area contributed by atoms with E-state index < -0.39 is 0 Å². The maximum absolute atomic E-state index is 6.31. The summed E-state index contributed by atoms with van der Waals surface area (Å²) in [5.74, 6) is 2.07. The lowest BCUT2D eigenvalue weighted by atomic mass is 9.71. The molecule has 0 bridgehead atoms. The second-order valence-electron chi connectivity index (χ2n) is 9.10. The molecule has 0 unspecified atom stereocenters. The van der Waals surface area contributed by atoms with Crippen molar-refractivity contribution in [2.45, 2.75) is 25.8 Å². The van der Waals surface area contributed by atoms with E-state index in [-0.39, 0.29) is 5.41 Å². The Bertz CT molecular complexity index is 1010. The molecule has 3 aliphatic rings. The van der Waals surface area contributed by atoms with Crippen molar-refractivity contribution in [3.8, 4) is 0 Å². The molecule has 0 radical (unpaired) electrons. The predicted molar refractivity (Wildman–Crippen MR) is 131 cm³/mol. The molecule has 0 aliphatic carbocycles. The highest BCUT2D eigenvalue weighted by atomic mass is 35.5. The molecular formula is C24H29Cl2N5O. The number of nitrogens with one attached hydrogen (secondary N) is 1. The van der Waals surface area contributed by atoms with Crippen molar-refractivity contribution in [3.05, 3.63) is 51.6 Å². The Morgan fingerprint density at radius 3 is 2.62 bits per heavy atom. The summed E-state index contributed by atoms with van der Waals surface area (Å²) >= 11 is 12.6. The van der Waals surface area contributed by atoms with Crippen LogP contribution in [-0.2, 0) is 17.7 Å². The molecular weight excluding hydrogens is 445 g/mol. The molecule has 32 heavy (non-hydrogen) atoms. The highest BCUT2D eigenvalue weighted by Gasteiger charge is 2.41. The zero-order valence-electron chi connectivity index (χ0n) is 18.4. The predicted octanol–water partition coefficient (Wildman–Crippen LogP) is 4.50. The second-order valence-corrected chi connectivity index (χ2v) is 9.91. The van der Waals surface area contributed by atoms with Crippen LogP contribution >= 0.6 is 23.2 Å². The second kappa shape index (κ2) is 9.18. The Kier molecular flexibility index (Phi) is 6.30. The number of aromatic nitrogens is 1. The molecule has 2 fully saturated rings. The van der Waals surface area contributed by atoms with Gasteiger partial charge in [-0.15, -0.1) is 0 Å². The standard InChI is InChI=1S/C24H29Cl2N5O/c1-30-6-8-31(9-7-30)22-12-17(2-5-27-22)16-28-23-24(3-10-32-11-4-24)15-18-13-19(25)20(26)14-21(18)29-23/h2,5,12-14H,3-4,6-11,15-16H2,1H3,(H,28,29). The monoisotopic (exact) mass is 473 g/mol. The number of ether oxygens (including phenoxy) is 1. The number of rotatable bonds is 3. The van der Waals surface area contributed by atoms with Crippen molar-refractivity contribution in [2.24, 2.45) is 10.4 Å². The summed E-state index contributed by atoms with van der Waals surface area (Å²) in [7, 11) is 2.17. The fourth-order valence-corrected chi connectivity index (χ4v) is 5.23. The number of benzene rings is 1. The van der Waals surface area contributed by atoms with E-state index in [1.165, 1.54) is 11.1 Å². The van der Waals surface area contributed by atoms with Gasteiger partial charge in [-0.05, 0) is 61.7 Å². The lowest BCUT2D eigenvalue weighted by Crippen LogP contribution is -2.46. The number of piperazine rings is 1. The third-order valence-electron chi connectivity index (χ3n) is 6.94. The van der Waals surface area contributed by atoms with Crippen molar-refractivity contribution in [2.75, 3.05) is 56.7 Å². The van der Waals surface area contributed by atoms with Crippen LogP contribution in [0, 0.1) is 5.41 Å². The minimum absolute atomic E-state index is 0.0459. The number of amidine groups is 1. The van der Waals surface area contributed by atoms with Gasteiger partial charge in [0.1, 0.15) is 11.7 Å². The van der Waals surface area contributed by atoms with E-state index in [9.17, 15) is 0 Å². The van der Waals surface area contributed by atoms with E-state index in [1.807, 2.05) is 18.3 Å². The molecule has 1 spiro atoms. The highest BCUT2D eigenvalue weighted by molar-refractivity contribution is 6.42. The SMILES string of the molecule is CN1CCN(c2cc(CN=C3Nc4cc(Cl)c(Cl)cc4CC34CCOCC4)ccn2)CC1. The number of hydrogen-bond acceptors (Lipinski definition) is 5. The molecule has 0 amide bonds. The van der Waals surface area contributed by atoms with Gasteiger partial charge in [0.25, 0.3) is 0 Å². The van der Waals surface area contributed by atoms with Crippen molar-refractivity contribution >= 4 is 40.5 Å². The zero-order valence-corrected chi connectivity index (χ0v) is 19.9. The van der Waals surface area contributed by atoms with Gasteiger partial charge in [-0.1, -0.05) is 23.2 Å². The normalized spacial score (nSPS) is 22.1. The Balaban J connectivity index is 1.40. The van der Waals surface area contributed by atoms with E-state index in [0.717, 1.165) is 76.0 Å². The number of fused-ring (bicyclic) bond motifs is 1. The summed E-state index contributed by atoms with van der Waals surface area (Å²) in [6.07, 6.45) is 4.69. The third kappa shape index (κ3) is 4.46. The van der Waals surface area contributed by atoms with Crippen molar-refractivity contribution in [1.29, 1.82) is 0 Å². The van der Waals surface area contributed by atoms with Gasteiger partial charge in [0.05, 0.1) is 16.6 Å². The van der Waals surface area contributed by atoms with Crippen LogP contribution in [-0.4, -0.2) is 62.2 Å². The third-order valence-corrected chi connectivity index (χ3v) is 7.66. The van der Waals surface area contributed by atoms with E-state index in [2.05, 4.69) is 39.3 Å². The van der Waals surface area contributed by atoms with Crippen LogP contribution in [0.3, 0.4) is 0 Å². The summed E-state index contributed by atoms with van der Waals surface area (Å²) in [5, 5.41) is 4.76. The average Bonchev–Trinajstić information content (AvgIpc) is 2.80. The van der Waals surface area contributed by atoms with Gasteiger partial charge < -0.3 is 19.9 Å². The highest BCUT2D eigenvalue weighted by Crippen LogP contribution is 2.44. The van der Waals surface area contributed by atoms with Crippen LogP contribution in [0.5, 0.6) is 0 Å². The molecule has 0 atom stereocenters. The molecule has 1 aromatic heterocycles. The number of hydrogen-bond donors (Lipinski definition) is 1. The van der Waals surface area contributed by atoms with Gasteiger partial charge in [-0.25, -0.2) is 4.98 Å². The van der Waals surface area contributed by atoms with Gasteiger partial charge in [-0.2, -0.15) is 0 Å². The van der Waals surface area contributed by atoms with Crippen LogP contribution in [0.4, 0.5) is 11.5 Å². The van der Waals surface area contributed by atoms with E-state index in [1.54, 1.807) is 0 Å². The lowest BCUT2D eigenvalue weighted by Gasteiger charge is -2.42. The average molecular weight is 474 g/mol. The smallest absolute Gasteiger partial charge is 0.128 e. The molecule has 8 heteroatoms. The molecule has 2 saturated heterocycles. The first-order chi connectivity index (χ1) is 15.5. The summed E-state index contributed by atoms with van der Waals surface area (Å²) < 4.78 is 5.68. The number of halogens is 2. The van der Waals surface area contributed by atoms with Gasteiger partial charge in [0, 0.05) is 56.7 Å². The summed E-state index contributed by atoms with van der Waals surface area (Å²) in [6, 6.07) is 8.15. The topological polar surface area (TPSA) is 53.0 Å². The minimum Gasteiger partial charge on any atom is -0.381 e. The molecule has 1 aromatic carbocycles. The first-order valence-electron chi connectivity index (χ1n) is 11.3. The quantitative estimate of drug-likeness (QED) is 0.710. The molecule has 0 saturated carbocycles. The fourth-order valence-electron chi connectivity index (χ4n) is 4.88. The van der Waals surface area contributed by atoms with Gasteiger partial charge >= 0.3 is 0 Å². The first kappa shape index (κ1) is 22.0. The van der Waals surface area contributed by atoms with Crippen molar-refractivity contribution in [3.63, 3.8) is 0 Å². The lowest BCUT2D eigenvalue weighted by molar-refractivity contribution is 0.0449. The number of likely N-dealkylation sites (N-methyl/N-ethyl adjacent to an activating group) is 1. The van der Waals surface area contributed by atoms with Gasteiger partial charge in [0.15, 0.2) is 0 Å². The Morgan fingerprint density at radius 2 is 1.84 bits per heavy atom. The summed E-state index contributed by atoms with van der Waals surface area (Å²) in [4.78, 5) is 14.4. The maximum atomic E-state index is 6.31. The number of nitrogens with zero attached hydrogens (tertiary/aromatic N) is 4. The van der Waals surface area contributed by atoms with Crippen LogP contribution in [0.1, 0.15) is 24.0 Å². The zero-order chi connectivity index (χ0) is 22.1. The maximum Gasteiger partial charge on any atom is 0.128 e. The molecule has 1 N–H and O–H groups in total. The van der Waals surface area contributed by atoms with Crippen LogP contribution in [0.25, 0.3) is 0 Å². The molecule has 4 heterocycles. The molecule has 5 rings (SSSR count).